The molecule has 0 N–H and O–H groups in total. The Bertz CT molecular complexity index is 402. The first-order chi connectivity index (χ1) is 7.97. The van der Waals surface area contributed by atoms with Gasteiger partial charge in [0.2, 0.25) is 0 Å². The van der Waals surface area contributed by atoms with E-state index in [0.717, 1.165) is 14.5 Å². The maximum absolute atomic E-state index is 4.08. The number of allylic oxidation sites excluding steroid dienone is 1. The molecule has 0 aliphatic rings. The van der Waals surface area contributed by atoms with Crippen LogP contribution in [0.25, 0.3) is 5.57 Å². The zero-order chi connectivity index (χ0) is 13.0. The monoisotopic (exact) mass is 248 g/mol. The van der Waals surface area contributed by atoms with Gasteiger partial charge < -0.3 is 0 Å². The predicted octanol–water partition coefficient (Wildman–Crippen LogP) is 4.55. The lowest BCUT2D eigenvalue weighted by molar-refractivity contribution is 0.586. The molecule has 0 amide bonds. The molecule has 0 saturated carbocycles. The second kappa shape index (κ2) is 6.36. The standard InChI is InChI=1S/C16H25P/c1-11(2)7-8-14-9-10-15(12(3)4)16(17-6)13(14)5/h9-11,17H,3,7-8H2,1-2,4-6H3. The van der Waals surface area contributed by atoms with E-state index in [0.29, 0.717) is 0 Å². The highest BCUT2D eigenvalue weighted by Crippen LogP contribution is 2.23. The molecule has 0 aromatic heterocycles. The van der Waals surface area contributed by atoms with Crippen molar-refractivity contribution in [2.24, 2.45) is 5.92 Å². The van der Waals surface area contributed by atoms with Crippen LogP contribution in [0.2, 0.25) is 0 Å². The fourth-order valence-electron chi connectivity index (χ4n) is 2.15. The lowest BCUT2D eigenvalue weighted by Gasteiger charge is -2.16. The number of rotatable bonds is 5. The van der Waals surface area contributed by atoms with Crippen molar-refractivity contribution in [1.82, 2.24) is 0 Å². The number of hydrogen-bond donors (Lipinski definition) is 0. The molecule has 1 aromatic rings. The Labute approximate surface area is 108 Å². The van der Waals surface area contributed by atoms with E-state index in [-0.39, 0.29) is 0 Å². The van der Waals surface area contributed by atoms with Gasteiger partial charge in [-0.2, -0.15) is 0 Å². The van der Waals surface area contributed by atoms with Crippen LogP contribution in [0.5, 0.6) is 0 Å². The highest BCUT2D eigenvalue weighted by molar-refractivity contribution is 7.46. The second-order valence-electron chi connectivity index (χ2n) is 5.24. The van der Waals surface area contributed by atoms with Gasteiger partial charge in [0, 0.05) is 0 Å². The fourth-order valence-corrected chi connectivity index (χ4v) is 3.25. The van der Waals surface area contributed by atoms with Crippen LogP contribution in [-0.4, -0.2) is 6.66 Å². The molecule has 0 radical (unpaired) electrons. The number of aryl methyl sites for hydroxylation is 1. The van der Waals surface area contributed by atoms with E-state index in [2.05, 4.69) is 53.1 Å². The zero-order valence-electron chi connectivity index (χ0n) is 11.9. The van der Waals surface area contributed by atoms with Crippen LogP contribution in [0.3, 0.4) is 0 Å². The molecule has 0 bridgehead atoms. The first-order valence-corrected chi connectivity index (χ1v) is 7.93. The maximum atomic E-state index is 4.08. The van der Waals surface area contributed by atoms with E-state index in [9.17, 15) is 0 Å². The molecule has 94 valence electrons. The van der Waals surface area contributed by atoms with Gasteiger partial charge in [-0.25, -0.2) is 0 Å². The van der Waals surface area contributed by atoms with Crippen LogP contribution < -0.4 is 5.30 Å². The van der Waals surface area contributed by atoms with Gasteiger partial charge in [0.25, 0.3) is 0 Å². The lowest BCUT2D eigenvalue weighted by atomic mass is 9.96. The van der Waals surface area contributed by atoms with Gasteiger partial charge in [0.15, 0.2) is 0 Å². The van der Waals surface area contributed by atoms with Crippen LogP contribution >= 0.6 is 8.58 Å². The summed E-state index contributed by atoms with van der Waals surface area (Å²) < 4.78 is 0. The summed E-state index contributed by atoms with van der Waals surface area (Å²) in [7, 11) is 0.855. The Morgan fingerprint density at radius 1 is 1.35 bits per heavy atom. The molecule has 1 rings (SSSR count). The molecular weight excluding hydrogens is 223 g/mol. The SMILES string of the molecule is C=C(C)c1ccc(CCC(C)C)c(C)c1PC. The van der Waals surface area contributed by atoms with Gasteiger partial charge in [-0.3, -0.25) is 0 Å². The van der Waals surface area contributed by atoms with Crippen molar-refractivity contribution >= 4 is 19.5 Å². The van der Waals surface area contributed by atoms with Crippen molar-refractivity contribution in [3.05, 3.63) is 35.4 Å². The first kappa shape index (κ1) is 14.5. The molecule has 0 nitrogen and oxygen atoms in total. The molecule has 1 unspecified atom stereocenters. The Kier molecular flexibility index (Phi) is 5.40. The lowest BCUT2D eigenvalue weighted by Crippen LogP contribution is -2.10. The third kappa shape index (κ3) is 3.68. The summed E-state index contributed by atoms with van der Waals surface area (Å²) in [5.41, 5.74) is 5.56. The Balaban J connectivity index is 3.07. The van der Waals surface area contributed by atoms with E-state index in [1.165, 1.54) is 40.4 Å². The van der Waals surface area contributed by atoms with E-state index < -0.39 is 0 Å². The van der Waals surface area contributed by atoms with Crippen molar-refractivity contribution in [3.8, 4) is 0 Å². The highest BCUT2D eigenvalue weighted by Gasteiger charge is 2.09. The Morgan fingerprint density at radius 2 is 2.00 bits per heavy atom. The summed E-state index contributed by atoms with van der Waals surface area (Å²) >= 11 is 0. The third-order valence-corrected chi connectivity index (χ3v) is 4.42. The average molecular weight is 248 g/mol. The zero-order valence-corrected chi connectivity index (χ0v) is 12.9. The third-order valence-electron chi connectivity index (χ3n) is 3.28. The summed E-state index contributed by atoms with van der Waals surface area (Å²) in [4.78, 5) is 0. The predicted molar refractivity (Wildman–Crippen MR) is 82.9 cm³/mol. The van der Waals surface area contributed by atoms with Crippen LogP contribution in [0.4, 0.5) is 0 Å². The minimum atomic E-state index is 0.780. The van der Waals surface area contributed by atoms with Crippen molar-refractivity contribution in [2.45, 2.75) is 40.5 Å². The summed E-state index contributed by atoms with van der Waals surface area (Å²) in [5, 5.41) is 1.51. The number of hydrogen-bond acceptors (Lipinski definition) is 0. The van der Waals surface area contributed by atoms with E-state index in [4.69, 9.17) is 0 Å². The van der Waals surface area contributed by atoms with Crippen molar-refractivity contribution in [3.63, 3.8) is 0 Å². The topological polar surface area (TPSA) is 0 Å². The summed E-state index contributed by atoms with van der Waals surface area (Å²) in [6, 6.07) is 4.56. The minimum Gasteiger partial charge on any atom is -0.0955 e. The van der Waals surface area contributed by atoms with Gasteiger partial charge in [-0.1, -0.05) is 46.7 Å². The molecule has 1 atom stereocenters. The number of benzene rings is 1. The molecule has 17 heavy (non-hydrogen) atoms. The van der Waals surface area contributed by atoms with Crippen molar-refractivity contribution in [2.75, 3.05) is 6.66 Å². The summed E-state index contributed by atoms with van der Waals surface area (Å²) in [5.74, 6) is 0.780. The van der Waals surface area contributed by atoms with Crippen LogP contribution in [0.1, 0.15) is 43.9 Å². The summed E-state index contributed by atoms with van der Waals surface area (Å²) in [6.45, 7) is 15.3. The normalized spacial score (nSPS) is 11.6. The molecular formula is C16H25P. The van der Waals surface area contributed by atoms with Gasteiger partial charge in [0.05, 0.1) is 0 Å². The van der Waals surface area contributed by atoms with Gasteiger partial charge in [0.1, 0.15) is 0 Å². The highest BCUT2D eigenvalue weighted by atomic mass is 31.1. The van der Waals surface area contributed by atoms with Gasteiger partial charge >= 0.3 is 0 Å². The Hall–Kier alpha value is -0.610. The molecule has 0 spiro atoms. The molecule has 0 fully saturated rings. The van der Waals surface area contributed by atoms with Crippen LogP contribution in [0.15, 0.2) is 18.7 Å². The second-order valence-corrected chi connectivity index (χ2v) is 6.24. The molecule has 1 aromatic carbocycles. The quantitative estimate of drug-likeness (QED) is 0.671. The van der Waals surface area contributed by atoms with E-state index in [1.807, 2.05) is 0 Å². The van der Waals surface area contributed by atoms with Crippen LogP contribution in [0, 0.1) is 12.8 Å². The smallest absolute Gasteiger partial charge is 0.0156 e. The molecule has 0 aliphatic carbocycles. The summed E-state index contributed by atoms with van der Waals surface area (Å²) in [6.07, 6.45) is 2.48. The Morgan fingerprint density at radius 3 is 2.47 bits per heavy atom. The molecule has 1 heteroatoms. The molecule has 0 heterocycles. The minimum absolute atomic E-state index is 0.780. The van der Waals surface area contributed by atoms with E-state index in [1.54, 1.807) is 0 Å². The maximum Gasteiger partial charge on any atom is -0.0156 e. The van der Waals surface area contributed by atoms with Crippen molar-refractivity contribution in [1.29, 1.82) is 0 Å². The van der Waals surface area contributed by atoms with Gasteiger partial charge in [-0.05, 0) is 61.3 Å². The van der Waals surface area contributed by atoms with Crippen LogP contribution in [-0.2, 0) is 6.42 Å². The van der Waals surface area contributed by atoms with E-state index >= 15 is 0 Å². The largest absolute Gasteiger partial charge is 0.0955 e. The molecule has 0 aliphatic heterocycles. The van der Waals surface area contributed by atoms with Crippen molar-refractivity contribution < 1.29 is 0 Å². The molecule has 0 saturated heterocycles. The average Bonchev–Trinajstić information content (AvgIpc) is 2.26. The first-order valence-electron chi connectivity index (χ1n) is 6.43. The fraction of sp³-hybridized carbons (Fsp3) is 0.500. The van der Waals surface area contributed by atoms with Gasteiger partial charge in [-0.15, -0.1) is 0 Å².